The van der Waals surface area contributed by atoms with Crippen LogP contribution in [0.4, 0.5) is 94.9 Å². The molecule has 0 fully saturated rings. The van der Waals surface area contributed by atoms with Crippen LogP contribution in [0.3, 0.4) is 0 Å². The summed E-state index contributed by atoms with van der Waals surface area (Å²) in [7, 11) is 3.65. The first-order valence-corrected chi connectivity index (χ1v) is 40.5. The normalized spacial score (nSPS) is 14.1. The van der Waals surface area contributed by atoms with Crippen LogP contribution >= 0.6 is 0 Å². The number of rotatable bonds is 19. The molecule has 132 heavy (non-hydrogen) atoms. The van der Waals surface area contributed by atoms with Gasteiger partial charge in [0.25, 0.3) is 11.8 Å². The number of ether oxygens (including phenoxy) is 3. The molecule has 44 heteroatoms. The molecule has 11 aromatic rings. The Morgan fingerprint density at radius 3 is 0.932 bits per heavy atom. The minimum absolute atomic E-state index is 0.0687. The molecule has 0 aliphatic carbocycles. The van der Waals surface area contributed by atoms with E-state index in [4.69, 9.17) is 14.6 Å². The molecular weight excluding hydrogens is 1770 g/mol. The van der Waals surface area contributed by atoms with E-state index < -0.39 is 94.2 Å². The van der Waals surface area contributed by atoms with E-state index >= 15 is 0 Å². The van der Waals surface area contributed by atoms with Crippen molar-refractivity contribution in [3.05, 3.63) is 269 Å². The number of hydrogen-bond acceptors (Lipinski definition) is 20. The van der Waals surface area contributed by atoms with Crippen molar-refractivity contribution in [2.45, 2.75) is 143 Å². The molecule has 0 bridgehead atoms. The van der Waals surface area contributed by atoms with Gasteiger partial charge in [0, 0.05) is 58.9 Å². The van der Waals surface area contributed by atoms with E-state index in [1.54, 1.807) is 89.7 Å². The molecule has 6 aromatic carbocycles. The predicted octanol–water partition coefficient (Wildman–Crippen LogP) is 16.0. The van der Waals surface area contributed by atoms with E-state index in [1.807, 2.05) is 26.5 Å². The third-order valence-electron chi connectivity index (χ3n) is 22.0. The highest BCUT2D eigenvalue weighted by Crippen LogP contribution is 2.41. The number of aromatic carboxylic acids is 2. The summed E-state index contributed by atoms with van der Waals surface area (Å²) in [6.07, 6.45) is -22.2. The van der Waals surface area contributed by atoms with E-state index in [-0.39, 0.29) is 40.8 Å². The fourth-order valence-electron chi connectivity index (χ4n) is 15.5. The highest BCUT2D eigenvalue weighted by molar-refractivity contribution is 6.02. The molecule has 5 aliphatic rings. The van der Waals surface area contributed by atoms with Crippen molar-refractivity contribution in [2.24, 2.45) is 0 Å². The van der Waals surface area contributed by atoms with Crippen LogP contribution in [0.15, 0.2) is 146 Å². The molecule has 0 spiro atoms. The zero-order chi connectivity index (χ0) is 96.1. The summed E-state index contributed by atoms with van der Waals surface area (Å²) in [6.45, 7) is 17.4. The van der Waals surface area contributed by atoms with E-state index in [0.29, 0.717) is 177 Å². The van der Waals surface area contributed by atoms with Gasteiger partial charge in [0.1, 0.15) is 56.9 Å². The Morgan fingerprint density at radius 1 is 0.348 bits per heavy atom. The van der Waals surface area contributed by atoms with Gasteiger partial charge in [-0.3, -0.25) is 9.59 Å². The summed E-state index contributed by atoms with van der Waals surface area (Å²) >= 11 is 0. The summed E-state index contributed by atoms with van der Waals surface area (Å²) in [4.78, 5) is 91.4. The molecule has 700 valence electrons. The lowest BCUT2D eigenvalue weighted by atomic mass is 10.1. The van der Waals surface area contributed by atoms with Crippen LogP contribution in [0.1, 0.15) is 183 Å². The zero-order valence-corrected chi connectivity index (χ0v) is 71.8. The Kier molecular flexibility index (Phi) is 28.7. The molecule has 5 aromatic heterocycles. The number of aryl methyl sites for hydroxylation is 4. The molecule has 16 rings (SSSR count). The van der Waals surface area contributed by atoms with Crippen LogP contribution in [0.2, 0.25) is 0 Å². The molecule has 2 atom stereocenters. The minimum Gasteiger partial charge on any atom is -0.478 e. The maximum absolute atomic E-state index is 13.3. The van der Waals surface area contributed by atoms with Gasteiger partial charge < -0.3 is 60.0 Å². The van der Waals surface area contributed by atoms with Gasteiger partial charge in [-0.1, -0.05) is 72.8 Å². The molecule has 5 N–H and O–H groups in total. The van der Waals surface area contributed by atoms with Gasteiger partial charge in [0.15, 0.2) is 5.69 Å². The first-order valence-electron chi connectivity index (χ1n) is 40.5. The van der Waals surface area contributed by atoms with Crippen molar-refractivity contribution in [3.63, 3.8) is 0 Å². The second-order valence-corrected chi connectivity index (χ2v) is 30.9. The third kappa shape index (κ3) is 21.9. The van der Waals surface area contributed by atoms with Crippen LogP contribution < -0.4 is 35.6 Å². The summed E-state index contributed by atoms with van der Waals surface area (Å²) < 4.78 is 212. The number of hydrogen-bond donors (Lipinski definition) is 5. The summed E-state index contributed by atoms with van der Waals surface area (Å²) in [6, 6.07) is 32.3. The van der Waals surface area contributed by atoms with Crippen molar-refractivity contribution >= 4 is 70.8 Å². The van der Waals surface area contributed by atoms with Gasteiger partial charge in [-0.2, -0.15) is 91.3 Å². The molecule has 5 aliphatic heterocycles. The Labute approximate surface area is 742 Å². The molecule has 0 saturated heterocycles. The number of methoxy groups -OCH3 is 3. The summed E-state index contributed by atoms with van der Waals surface area (Å²) in [5, 5.41) is 47.8. The highest BCUT2D eigenvalue weighted by atomic mass is 19.4. The second-order valence-electron chi connectivity index (χ2n) is 30.9. The first-order chi connectivity index (χ1) is 62.1. The third-order valence-corrected chi connectivity index (χ3v) is 22.0. The monoisotopic (exact) mass is 1860 g/mol. The number of carbonyl (C=O) groups is 7. The van der Waals surface area contributed by atoms with Crippen LogP contribution in [0, 0.1) is 27.7 Å². The number of alkyl halides is 15. The number of fused-ring (bicyclic) bond motifs is 5. The van der Waals surface area contributed by atoms with Crippen molar-refractivity contribution < 1.29 is 124 Å². The standard InChI is InChI=1S/C25H25F3N4O3.C24H23F3N4O3.C16H16F3N3O2.C15H14F3N3O2.C8H8F3N3O2/c1-15(18-6-8-19(9-7-18)24(34)35-3)29-22(33)21-16(2)30-32-13-12-31(23(21)32)14-17-4-10-20(11-5-17)25(26,27)28;1-14(17-5-7-18(8-6-17)23(33)34)28-21(32)20-15(2)29-31-12-11-30(22(20)31)13-16-3-9-19(10-4-16)24(25,26)27;1-10-13(15(23)24-2)14-21(7-8-22(14)20-10)9-11-3-5-12(6-4-11)16(17,18)19;1-9-12(14(22)23)13-20(6-7-21(13)19-9)8-10-2-4-11(5-3-10)15(16,17)18;1-16-7(15)4-5(8(9,10)11)13-14-3-2-12-6(4)14/h4-11,15H,12-14H2,1-3H3,(H,29,33);3-10,14H,11-13H2,1-2H3,(H,28,32)(H,33,34);3-6H,7-9H2,1-2H3;2-5H,6-8H2,1H3,(H,22,23);12H,2-3H2,1H3/t15-;14-;;;/m00.../s1. The van der Waals surface area contributed by atoms with Gasteiger partial charge in [-0.15, -0.1) is 0 Å². The molecule has 29 nitrogen and oxygen atoms in total. The lowest BCUT2D eigenvalue weighted by Crippen LogP contribution is -2.29. The Hall–Kier alpha value is -14.4. The van der Waals surface area contributed by atoms with Crippen LogP contribution in [0.5, 0.6) is 0 Å². The van der Waals surface area contributed by atoms with E-state index in [2.05, 4.69) is 46.2 Å². The maximum Gasteiger partial charge on any atom is 0.436 e. The number of amides is 2. The van der Waals surface area contributed by atoms with E-state index in [9.17, 15) is 105 Å². The number of carboxylic acid groups (broad SMARTS) is 2. The average Bonchev–Trinajstić information content (AvgIpc) is 1.63. The topological polar surface area (TPSA) is 326 Å². The number of aromatic nitrogens is 10. The van der Waals surface area contributed by atoms with Crippen LogP contribution in [-0.2, 0) is 104 Å². The van der Waals surface area contributed by atoms with Crippen LogP contribution in [0.25, 0.3) is 0 Å². The van der Waals surface area contributed by atoms with Crippen molar-refractivity contribution in [1.29, 1.82) is 0 Å². The van der Waals surface area contributed by atoms with Gasteiger partial charge in [-0.25, -0.2) is 47.4 Å². The molecule has 0 radical (unpaired) electrons. The number of carbonyl (C=O) groups excluding carboxylic acids is 5. The van der Waals surface area contributed by atoms with E-state index in [1.165, 1.54) is 74.9 Å². The minimum atomic E-state index is -4.66. The number of anilines is 5. The number of halogens is 15. The summed E-state index contributed by atoms with van der Waals surface area (Å²) in [5.41, 5.74) is 3.96. The number of nitrogens with one attached hydrogen (secondary N) is 3. The SMILES string of the molecule is COC(=O)c1c(C(F)(F)F)nn2c1NCC2.COC(=O)c1c(C)nn2c1N(Cc1ccc(C(F)(F)F)cc1)CC2.COC(=O)c1ccc([C@H](C)NC(=O)c2c(C)nn3c2N(Cc2ccc(C(F)(F)F)cc2)CC3)cc1.Cc1nn2c(c1C(=O)N[C@@H](C)c1ccc(C(=O)O)cc1)N(Cc1ccc(C(F)(F)F)cc1)CC2.Cc1nn2c(c1C(=O)O)N(Cc1ccc(C(F)(F)F)cc1)CC2. The Balaban J connectivity index is 0.000000152. The maximum atomic E-state index is 13.3. The zero-order valence-electron chi connectivity index (χ0n) is 71.8. The van der Waals surface area contributed by atoms with E-state index in [0.717, 1.165) is 77.0 Å². The molecule has 0 saturated carbocycles. The van der Waals surface area contributed by atoms with Gasteiger partial charge in [0.2, 0.25) is 0 Å². The number of nitrogens with zero attached hydrogens (tertiary/aromatic N) is 14. The second kappa shape index (κ2) is 39.1. The summed E-state index contributed by atoms with van der Waals surface area (Å²) in [5.74, 6) is -2.14. The molecule has 2 amide bonds. The Bertz CT molecular complexity index is 6060. The smallest absolute Gasteiger partial charge is 0.436 e. The number of carboxylic acids is 2. The highest BCUT2D eigenvalue weighted by Gasteiger charge is 2.44. The lowest BCUT2D eigenvalue weighted by Gasteiger charge is -2.20. The first kappa shape index (κ1) is 96.7. The Morgan fingerprint density at radius 2 is 0.636 bits per heavy atom. The lowest BCUT2D eigenvalue weighted by molar-refractivity contribution is -0.142. The fourth-order valence-corrected chi connectivity index (χ4v) is 15.5. The van der Waals surface area contributed by atoms with Gasteiger partial charge >= 0.3 is 60.7 Å². The van der Waals surface area contributed by atoms with Gasteiger partial charge in [0.05, 0.1) is 122 Å². The molecular formula is C88H86F15N17O12. The quantitative estimate of drug-likeness (QED) is 0.0285. The average molecular weight is 1860 g/mol. The number of benzene rings is 6. The van der Waals surface area contributed by atoms with Crippen molar-refractivity contribution in [1.82, 2.24) is 59.5 Å². The van der Waals surface area contributed by atoms with Gasteiger partial charge in [-0.05, 0) is 148 Å². The molecule has 10 heterocycles. The number of esters is 3. The largest absolute Gasteiger partial charge is 0.478 e. The predicted molar refractivity (Wildman–Crippen MR) is 446 cm³/mol. The fraction of sp³-hybridized carbons (Fsp3) is 0.341. The van der Waals surface area contributed by atoms with Crippen LogP contribution in [-0.4, -0.2) is 155 Å². The van der Waals surface area contributed by atoms with Crippen molar-refractivity contribution in [2.75, 3.05) is 79.0 Å². The molecule has 0 unspecified atom stereocenters. The van der Waals surface area contributed by atoms with Crippen molar-refractivity contribution in [3.8, 4) is 0 Å².